The van der Waals surface area contributed by atoms with Crippen LogP contribution in [0.2, 0.25) is 0 Å². The number of benzene rings is 4. The van der Waals surface area contributed by atoms with Crippen LogP contribution in [0.15, 0.2) is 103 Å². The minimum absolute atomic E-state index is 0.482. The van der Waals surface area contributed by atoms with Gasteiger partial charge in [0, 0.05) is 16.8 Å². The quantitative estimate of drug-likeness (QED) is 0.386. The topological polar surface area (TPSA) is 45.4 Å². The first kappa shape index (κ1) is 20.3. The van der Waals surface area contributed by atoms with Gasteiger partial charge in [0.2, 0.25) is 0 Å². The zero-order chi connectivity index (χ0) is 22.1. The van der Waals surface area contributed by atoms with Crippen molar-refractivity contribution in [1.29, 1.82) is 0 Å². The molecule has 4 heteroatoms. The molecule has 1 heterocycles. The van der Waals surface area contributed by atoms with E-state index in [-0.39, 0.29) is 0 Å². The summed E-state index contributed by atoms with van der Waals surface area (Å²) in [5, 5.41) is 20.9. The highest BCUT2D eigenvalue weighted by atomic mass is 16.4. The predicted molar refractivity (Wildman–Crippen MR) is 133 cm³/mol. The van der Waals surface area contributed by atoms with E-state index in [9.17, 15) is 10.0 Å². The summed E-state index contributed by atoms with van der Waals surface area (Å²) in [6, 6.07) is 34.9. The van der Waals surface area contributed by atoms with E-state index < -0.39 is 7.12 Å². The van der Waals surface area contributed by atoms with Crippen LogP contribution in [0, 0.1) is 0 Å². The third-order valence-electron chi connectivity index (χ3n) is 5.97. The molecule has 32 heavy (non-hydrogen) atoms. The summed E-state index contributed by atoms with van der Waals surface area (Å²) in [6.07, 6.45) is 0.952. The molecule has 1 aromatic heterocycles. The molecule has 0 saturated carbocycles. The Morgan fingerprint density at radius 3 is 1.94 bits per heavy atom. The van der Waals surface area contributed by atoms with Crippen molar-refractivity contribution in [3.8, 4) is 27.9 Å². The summed E-state index contributed by atoms with van der Waals surface area (Å²) in [5.41, 5.74) is 8.06. The molecule has 0 aliphatic heterocycles. The van der Waals surface area contributed by atoms with Gasteiger partial charge >= 0.3 is 7.12 Å². The van der Waals surface area contributed by atoms with Gasteiger partial charge in [0.15, 0.2) is 0 Å². The molecule has 5 aromatic rings. The van der Waals surface area contributed by atoms with Gasteiger partial charge in [-0.1, -0.05) is 79.7 Å². The van der Waals surface area contributed by atoms with Crippen LogP contribution in [0.25, 0.3) is 38.8 Å². The molecule has 0 saturated heterocycles. The molecular weight excluding hydrogens is 393 g/mol. The van der Waals surface area contributed by atoms with E-state index in [0.29, 0.717) is 5.46 Å². The minimum Gasteiger partial charge on any atom is -0.423 e. The summed E-state index contributed by atoms with van der Waals surface area (Å²) >= 11 is 0. The lowest BCUT2D eigenvalue weighted by atomic mass is 9.77. The molecule has 0 atom stereocenters. The third-order valence-corrected chi connectivity index (χ3v) is 5.97. The minimum atomic E-state index is -1.52. The molecule has 0 amide bonds. The zero-order valence-electron chi connectivity index (χ0n) is 17.9. The first-order valence-electron chi connectivity index (χ1n) is 10.9. The van der Waals surface area contributed by atoms with Crippen LogP contribution >= 0.6 is 0 Å². The smallest absolute Gasteiger partial charge is 0.423 e. The number of aromatic nitrogens is 1. The number of para-hydroxylation sites is 1. The highest BCUT2D eigenvalue weighted by Gasteiger charge is 2.15. The Bertz CT molecular complexity index is 1370. The van der Waals surface area contributed by atoms with Crippen LogP contribution in [-0.4, -0.2) is 21.7 Å². The van der Waals surface area contributed by atoms with Gasteiger partial charge in [0.05, 0.1) is 5.52 Å². The lowest BCUT2D eigenvalue weighted by molar-refractivity contribution is 0.426. The van der Waals surface area contributed by atoms with Crippen molar-refractivity contribution in [3.05, 3.63) is 109 Å². The van der Waals surface area contributed by atoms with Crippen molar-refractivity contribution in [3.63, 3.8) is 0 Å². The third kappa shape index (κ3) is 3.75. The Balaban J connectivity index is 1.59. The molecule has 0 bridgehead atoms. The van der Waals surface area contributed by atoms with Crippen LogP contribution in [-0.2, 0) is 6.42 Å². The van der Waals surface area contributed by atoms with Crippen molar-refractivity contribution >= 4 is 23.5 Å². The van der Waals surface area contributed by atoms with Crippen LogP contribution in [0.3, 0.4) is 0 Å². The molecule has 156 valence electrons. The number of hydrogen-bond donors (Lipinski definition) is 2. The molecule has 0 unspecified atom stereocenters. The number of fused-ring (bicyclic) bond motifs is 1. The summed E-state index contributed by atoms with van der Waals surface area (Å²) in [6.45, 7) is 2.18. The van der Waals surface area contributed by atoms with Crippen molar-refractivity contribution in [2.45, 2.75) is 13.3 Å². The highest BCUT2D eigenvalue weighted by molar-refractivity contribution is 6.58. The Kier molecular flexibility index (Phi) is 5.40. The van der Waals surface area contributed by atoms with Crippen LogP contribution in [0.5, 0.6) is 0 Å². The lowest BCUT2D eigenvalue weighted by Crippen LogP contribution is -2.29. The van der Waals surface area contributed by atoms with Crippen molar-refractivity contribution in [2.24, 2.45) is 0 Å². The van der Waals surface area contributed by atoms with E-state index >= 15 is 0 Å². The SMILES string of the molecule is CCc1cc2ccccc2n1-c1ccc(-c2cc(B(O)O)cc(-c3ccccc3)c2)cc1. The molecule has 3 nitrogen and oxygen atoms in total. The molecule has 0 radical (unpaired) electrons. The first-order valence-corrected chi connectivity index (χ1v) is 10.9. The lowest BCUT2D eigenvalue weighted by Gasteiger charge is -2.13. The average Bonchev–Trinajstić information content (AvgIpc) is 3.23. The Morgan fingerprint density at radius 2 is 1.28 bits per heavy atom. The second-order valence-corrected chi connectivity index (χ2v) is 8.01. The van der Waals surface area contributed by atoms with Gasteiger partial charge in [-0.15, -0.1) is 0 Å². The summed E-state index contributed by atoms with van der Waals surface area (Å²) in [7, 11) is -1.52. The summed E-state index contributed by atoms with van der Waals surface area (Å²) in [5.74, 6) is 0. The van der Waals surface area contributed by atoms with Gasteiger partial charge in [0.25, 0.3) is 0 Å². The van der Waals surface area contributed by atoms with Crippen molar-refractivity contribution in [2.75, 3.05) is 0 Å². The molecular formula is C28H24BNO2. The van der Waals surface area contributed by atoms with E-state index in [2.05, 4.69) is 72.2 Å². The molecule has 2 N–H and O–H groups in total. The fourth-order valence-corrected chi connectivity index (χ4v) is 4.34. The number of rotatable bonds is 5. The van der Waals surface area contributed by atoms with Crippen LogP contribution in [0.4, 0.5) is 0 Å². The summed E-state index contributed by atoms with van der Waals surface area (Å²) in [4.78, 5) is 0. The van der Waals surface area contributed by atoms with E-state index in [4.69, 9.17) is 0 Å². The van der Waals surface area contributed by atoms with E-state index in [1.54, 1.807) is 0 Å². The van der Waals surface area contributed by atoms with Gasteiger partial charge in [-0.25, -0.2) is 0 Å². The van der Waals surface area contributed by atoms with E-state index in [1.807, 2.05) is 42.5 Å². The molecule has 0 aliphatic rings. The molecule has 0 spiro atoms. The van der Waals surface area contributed by atoms with E-state index in [0.717, 1.165) is 34.4 Å². The van der Waals surface area contributed by atoms with Crippen LogP contribution in [0.1, 0.15) is 12.6 Å². The maximum Gasteiger partial charge on any atom is 0.488 e. The van der Waals surface area contributed by atoms with Gasteiger partial charge in [-0.2, -0.15) is 0 Å². The van der Waals surface area contributed by atoms with Crippen molar-refractivity contribution in [1.82, 2.24) is 4.57 Å². The average molecular weight is 417 g/mol. The number of nitrogens with zero attached hydrogens (tertiary/aromatic N) is 1. The highest BCUT2D eigenvalue weighted by Crippen LogP contribution is 2.29. The fourth-order valence-electron chi connectivity index (χ4n) is 4.34. The zero-order valence-corrected chi connectivity index (χ0v) is 17.9. The predicted octanol–water partition coefficient (Wildman–Crippen LogP) is 5.21. The molecule has 0 fully saturated rings. The maximum atomic E-state index is 9.85. The second kappa shape index (κ2) is 8.50. The van der Waals surface area contributed by atoms with Crippen LogP contribution < -0.4 is 5.46 Å². The fraction of sp³-hybridized carbons (Fsp3) is 0.0714. The molecule has 5 rings (SSSR count). The number of hydrogen-bond acceptors (Lipinski definition) is 2. The van der Waals surface area contributed by atoms with Gasteiger partial charge in [-0.05, 0) is 64.5 Å². The normalized spacial score (nSPS) is 11.1. The van der Waals surface area contributed by atoms with Crippen molar-refractivity contribution < 1.29 is 10.0 Å². The van der Waals surface area contributed by atoms with E-state index in [1.165, 1.54) is 16.6 Å². The standard InChI is InChI=1S/C28H24BNO2/c1-2-26-19-22-10-6-7-11-28(22)30(26)27-14-12-21(13-15-27)24-16-23(17-25(18-24)29(31)32)20-8-4-3-5-9-20/h3-19,31-32H,2H2,1H3. The Hall–Kier alpha value is -3.60. The largest absolute Gasteiger partial charge is 0.488 e. The Morgan fingerprint density at radius 1 is 0.656 bits per heavy atom. The van der Waals surface area contributed by atoms with Gasteiger partial charge in [-0.3, -0.25) is 0 Å². The molecule has 4 aromatic carbocycles. The monoisotopic (exact) mass is 417 g/mol. The second-order valence-electron chi connectivity index (χ2n) is 8.01. The summed E-state index contributed by atoms with van der Waals surface area (Å²) < 4.78 is 2.31. The number of aryl methyl sites for hydroxylation is 1. The Labute approximate surface area is 188 Å². The van der Waals surface area contributed by atoms with Gasteiger partial charge < -0.3 is 14.6 Å². The van der Waals surface area contributed by atoms with Gasteiger partial charge in [0.1, 0.15) is 0 Å². The maximum absolute atomic E-state index is 9.85. The first-order chi connectivity index (χ1) is 15.6. The molecule has 0 aliphatic carbocycles.